The van der Waals surface area contributed by atoms with Crippen LogP contribution in [0.2, 0.25) is 0 Å². The lowest BCUT2D eigenvalue weighted by Gasteiger charge is -2.24. The summed E-state index contributed by atoms with van der Waals surface area (Å²) in [5.74, 6) is 0. The predicted molar refractivity (Wildman–Crippen MR) is 74.8 cm³/mol. The van der Waals surface area contributed by atoms with Crippen molar-refractivity contribution in [2.75, 3.05) is 5.33 Å². The van der Waals surface area contributed by atoms with Crippen molar-refractivity contribution >= 4 is 53.2 Å². The van der Waals surface area contributed by atoms with Gasteiger partial charge in [0.15, 0.2) is 0 Å². The monoisotopic (exact) mass is 389 g/mol. The second-order valence-corrected chi connectivity index (χ2v) is 9.15. The normalized spacial score (nSPS) is 13.0. The lowest BCUT2D eigenvalue weighted by Crippen LogP contribution is -2.43. The molecule has 1 aromatic rings. The first-order chi connectivity index (χ1) is 7.27. The number of nitrogens with one attached hydrogen (secondary N) is 1. The maximum atomic E-state index is 12.0. The van der Waals surface area contributed by atoms with Crippen LogP contribution in [0.5, 0.6) is 0 Å². The zero-order chi connectivity index (χ0) is 12.4. The summed E-state index contributed by atoms with van der Waals surface area (Å²) < 4.78 is 27.8. The molecule has 0 unspecified atom stereocenters. The Kier molecular flexibility index (Phi) is 5.01. The van der Waals surface area contributed by atoms with Gasteiger partial charge in [-0.05, 0) is 48.3 Å². The maximum absolute atomic E-state index is 12.0. The van der Waals surface area contributed by atoms with Gasteiger partial charge in [0.1, 0.15) is 4.21 Å². The molecule has 0 spiro atoms. The van der Waals surface area contributed by atoms with Crippen molar-refractivity contribution in [3.05, 3.63) is 15.9 Å². The molecular formula is C9H13Br2NO2S2. The van der Waals surface area contributed by atoms with E-state index in [2.05, 4.69) is 36.6 Å². The van der Waals surface area contributed by atoms with E-state index in [0.29, 0.717) is 4.21 Å². The van der Waals surface area contributed by atoms with E-state index in [9.17, 15) is 8.42 Å². The largest absolute Gasteiger partial charge is 0.250 e. The molecule has 0 radical (unpaired) electrons. The molecule has 3 nitrogen and oxygen atoms in total. The van der Waals surface area contributed by atoms with E-state index in [-0.39, 0.29) is 0 Å². The molecule has 1 rings (SSSR count). The van der Waals surface area contributed by atoms with Gasteiger partial charge < -0.3 is 0 Å². The van der Waals surface area contributed by atoms with Gasteiger partial charge in [0.2, 0.25) is 0 Å². The highest BCUT2D eigenvalue weighted by molar-refractivity contribution is 9.11. The second kappa shape index (κ2) is 5.48. The van der Waals surface area contributed by atoms with Gasteiger partial charge >= 0.3 is 0 Å². The number of thiophene rings is 1. The van der Waals surface area contributed by atoms with Crippen molar-refractivity contribution in [2.45, 2.75) is 30.0 Å². The highest BCUT2D eigenvalue weighted by Crippen LogP contribution is 2.27. The summed E-state index contributed by atoms with van der Waals surface area (Å²) in [5.41, 5.74) is -0.446. The van der Waals surface area contributed by atoms with Crippen LogP contribution >= 0.6 is 43.2 Å². The standard InChI is InChI=1S/C9H13Br2NO2S2/c1-9(2,5-6-10)12-16(13,14)8-4-3-7(11)15-8/h3-4,12H,5-6H2,1-2H3. The third kappa shape index (κ3) is 4.10. The van der Waals surface area contributed by atoms with Crippen molar-refractivity contribution in [3.8, 4) is 0 Å². The van der Waals surface area contributed by atoms with E-state index >= 15 is 0 Å². The maximum Gasteiger partial charge on any atom is 0.250 e. The number of alkyl halides is 1. The first kappa shape index (κ1) is 14.6. The van der Waals surface area contributed by atoms with Crippen LogP contribution in [-0.4, -0.2) is 19.3 Å². The molecule has 0 saturated carbocycles. The van der Waals surface area contributed by atoms with Crippen LogP contribution in [0.3, 0.4) is 0 Å². The molecule has 92 valence electrons. The predicted octanol–water partition coefficient (Wildman–Crippen LogP) is 3.35. The first-order valence-corrected chi connectivity index (χ1v) is 8.83. The number of halogens is 2. The van der Waals surface area contributed by atoms with Crippen molar-refractivity contribution < 1.29 is 8.42 Å². The van der Waals surface area contributed by atoms with E-state index in [0.717, 1.165) is 15.5 Å². The van der Waals surface area contributed by atoms with Crippen molar-refractivity contribution in [1.82, 2.24) is 4.72 Å². The fraction of sp³-hybridized carbons (Fsp3) is 0.556. The number of sulfonamides is 1. The minimum Gasteiger partial charge on any atom is -0.206 e. The molecule has 16 heavy (non-hydrogen) atoms. The van der Waals surface area contributed by atoms with Crippen molar-refractivity contribution in [2.24, 2.45) is 0 Å². The topological polar surface area (TPSA) is 46.2 Å². The summed E-state index contributed by atoms with van der Waals surface area (Å²) in [6, 6.07) is 3.33. The molecule has 0 fully saturated rings. The Morgan fingerprint density at radius 1 is 1.44 bits per heavy atom. The molecule has 1 aromatic heterocycles. The molecule has 0 atom stereocenters. The molecule has 0 aliphatic carbocycles. The first-order valence-electron chi connectivity index (χ1n) is 4.62. The Morgan fingerprint density at radius 3 is 2.50 bits per heavy atom. The zero-order valence-corrected chi connectivity index (χ0v) is 13.8. The second-order valence-electron chi connectivity index (χ2n) is 3.99. The lowest BCUT2D eigenvalue weighted by atomic mass is 10.0. The minimum atomic E-state index is -3.40. The van der Waals surface area contributed by atoms with Gasteiger partial charge in [-0.2, -0.15) is 0 Å². The van der Waals surface area contributed by atoms with E-state index in [1.807, 2.05) is 13.8 Å². The highest BCUT2D eigenvalue weighted by atomic mass is 79.9. The van der Waals surface area contributed by atoms with E-state index in [1.54, 1.807) is 12.1 Å². The van der Waals surface area contributed by atoms with Gasteiger partial charge in [-0.1, -0.05) is 15.9 Å². The van der Waals surface area contributed by atoms with Crippen LogP contribution in [0.4, 0.5) is 0 Å². The van der Waals surface area contributed by atoms with Crippen molar-refractivity contribution in [1.29, 1.82) is 0 Å². The third-order valence-corrected chi connectivity index (χ3v) is 6.15. The van der Waals surface area contributed by atoms with Crippen LogP contribution in [-0.2, 0) is 10.0 Å². The Balaban J connectivity index is 2.88. The van der Waals surface area contributed by atoms with Crippen LogP contribution < -0.4 is 4.72 Å². The summed E-state index contributed by atoms with van der Waals surface area (Å²) >= 11 is 7.78. The lowest BCUT2D eigenvalue weighted by molar-refractivity contribution is 0.444. The molecule has 0 aliphatic rings. The van der Waals surface area contributed by atoms with Crippen LogP contribution in [0, 0.1) is 0 Å². The molecule has 0 saturated heterocycles. The summed E-state index contributed by atoms with van der Waals surface area (Å²) in [7, 11) is -3.40. The van der Waals surface area contributed by atoms with E-state index < -0.39 is 15.6 Å². The quantitative estimate of drug-likeness (QED) is 0.783. The summed E-state index contributed by atoms with van der Waals surface area (Å²) in [6.07, 6.45) is 0.735. The van der Waals surface area contributed by atoms with Gasteiger partial charge in [-0.25, -0.2) is 13.1 Å². The fourth-order valence-electron chi connectivity index (χ4n) is 1.14. The summed E-state index contributed by atoms with van der Waals surface area (Å²) in [4.78, 5) is 0. The smallest absolute Gasteiger partial charge is 0.206 e. The average molecular weight is 391 g/mol. The van der Waals surface area contributed by atoms with Gasteiger partial charge in [-0.15, -0.1) is 11.3 Å². The Morgan fingerprint density at radius 2 is 2.06 bits per heavy atom. The molecule has 0 bridgehead atoms. The minimum absolute atomic E-state index is 0.335. The molecule has 7 heteroatoms. The summed E-state index contributed by atoms with van der Waals surface area (Å²) in [6.45, 7) is 3.74. The third-order valence-electron chi connectivity index (χ3n) is 1.94. The van der Waals surface area contributed by atoms with Gasteiger partial charge in [-0.3, -0.25) is 0 Å². The molecule has 0 aliphatic heterocycles. The van der Waals surface area contributed by atoms with Crippen molar-refractivity contribution in [3.63, 3.8) is 0 Å². The average Bonchev–Trinajstić information content (AvgIpc) is 2.49. The summed E-state index contributed by atoms with van der Waals surface area (Å²) in [5, 5.41) is 0.761. The molecular weight excluding hydrogens is 378 g/mol. The van der Waals surface area contributed by atoms with Crippen LogP contribution in [0.15, 0.2) is 20.1 Å². The number of rotatable bonds is 5. The SMILES string of the molecule is CC(C)(CCBr)NS(=O)(=O)c1ccc(Br)s1. The molecule has 0 aromatic carbocycles. The van der Waals surface area contributed by atoms with E-state index in [4.69, 9.17) is 0 Å². The van der Waals surface area contributed by atoms with E-state index in [1.165, 1.54) is 11.3 Å². The number of hydrogen-bond acceptors (Lipinski definition) is 3. The molecule has 0 amide bonds. The highest BCUT2D eigenvalue weighted by Gasteiger charge is 2.26. The van der Waals surface area contributed by atoms with Crippen LogP contribution in [0.25, 0.3) is 0 Å². The Labute approximate surface area is 117 Å². The molecule has 1 N–H and O–H groups in total. The number of hydrogen-bond donors (Lipinski definition) is 1. The van der Waals surface area contributed by atoms with Gasteiger partial charge in [0.25, 0.3) is 10.0 Å². The zero-order valence-electron chi connectivity index (χ0n) is 8.96. The fourth-order valence-corrected chi connectivity index (χ4v) is 5.59. The Hall–Kier alpha value is 0.570. The molecule has 1 heterocycles. The van der Waals surface area contributed by atoms with Crippen LogP contribution in [0.1, 0.15) is 20.3 Å². The Bertz CT molecular complexity index is 454. The van der Waals surface area contributed by atoms with Gasteiger partial charge in [0.05, 0.1) is 3.79 Å². The van der Waals surface area contributed by atoms with Gasteiger partial charge in [0, 0.05) is 10.9 Å².